The Bertz CT molecular complexity index is 2770. The second kappa shape index (κ2) is 14.4. The van der Waals surface area contributed by atoms with E-state index < -0.39 is 0 Å². The first kappa shape index (κ1) is 33.1. The van der Waals surface area contributed by atoms with E-state index >= 15 is 0 Å². The maximum absolute atomic E-state index is 6.89. The van der Waals surface area contributed by atoms with Crippen molar-refractivity contribution in [2.75, 3.05) is 4.90 Å². The zero-order valence-electron chi connectivity index (χ0n) is 30.5. The summed E-state index contributed by atoms with van der Waals surface area (Å²) < 4.78 is 6.89. The Balaban J connectivity index is 1.16. The molecule has 9 aromatic rings. The monoisotopic (exact) mass is 720 g/mol. The van der Waals surface area contributed by atoms with Crippen LogP contribution in [0.15, 0.2) is 221 Å². The fourth-order valence-electron chi connectivity index (χ4n) is 7.59. The van der Waals surface area contributed by atoms with Crippen LogP contribution in [0.2, 0.25) is 0 Å². The first-order chi connectivity index (χ1) is 27.8. The lowest BCUT2D eigenvalue weighted by Gasteiger charge is -2.27. The molecule has 0 amide bonds. The summed E-state index contributed by atoms with van der Waals surface area (Å²) in [5.74, 6) is 1.42. The van der Waals surface area contributed by atoms with Crippen LogP contribution in [0.25, 0.3) is 44.2 Å². The molecule has 1 unspecified atom stereocenters. The van der Waals surface area contributed by atoms with Gasteiger partial charge >= 0.3 is 0 Å². The molecule has 266 valence electrons. The maximum Gasteiger partial charge on any atom is 0.160 e. The molecule has 56 heavy (non-hydrogen) atoms. The second-order valence-corrected chi connectivity index (χ2v) is 13.8. The Labute approximate surface area is 325 Å². The lowest BCUT2D eigenvalue weighted by atomic mass is 10.0. The number of amidine groups is 2. The summed E-state index contributed by atoms with van der Waals surface area (Å²) in [5.41, 5.74) is 12.2. The lowest BCUT2D eigenvalue weighted by Crippen LogP contribution is -2.33. The zero-order chi connectivity index (χ0) is 37.3. The van der Waals surface area contributed by atoms with E-state index in [-0.39, 0.29) is 6.17 Å². The quantitative estimate of drug-likeness (QED) is 0.170. The van der Waals surface area contributed by atoms with Crippen LogP contribution in [0.5, 0.6) is 0 Å². The number of nitrogens with zero attached hydrogens (tertiary/aromatic N) is 3. The summed E-state index contributed by atoms with van der Waals surface area (Å²) in [5, 5.41) is 5.70. The highest BCUT2D eigenvalue weighted by molar-refractivity contribution is 6.23. The molecule has 8 aromatic carbocycles. The van der Waals surface area contributed by atoms with Crippen LogP contribution in [-0.2, 0) is 0 Å². The molecular weight excluding hydrogens is 685 g/mol. The van der Waals surface area contributed by atoms with Crippen LogP contribution < -0.4 is 10.2 Å². The molecule has 10 rings (SSSR count). The van der Waals surface area contributed by atoms with Gasteiger partial charge in [0, 0.05) is 33.3 Å². The van der Waals surface area contributed by atoms with Gasteiger partial charge in [-0.15, -0.1) is 0 Å². The Hall–Kier alpha value is -7.50. The zero-order valence-corrected chi connectivity index (χ0v) is 30.5. The highest BCUT2D eigenvalue weighted by atomic mass is 16.3. The Kier molecular flexibility index (Phi) is 8.50. The minimum Gasteiger partial charge on any atom is -0.454 e. The van der Waals surface area contributed by atoms with Gasteiger partial charge in [-0.25, -0.2) is 9.98 Å². The fourth-order valence-corrected chi connectivity index (χ4v) is 7.59. The summed E-state index contributed by atoms with van der Waals surface area (Å²) in [4.78, 5) is 12.6. The van der Waals surface area contributed by atoms with Crippen LogP contribution in [-0.4, -0.2) is 11.7 Å². The van der Waals surface area contributed by atoms with Gasteiger partial charge in [0.1, 0.15) is 17.6 Å². The van der Waals surface area contributed by atoms with Gasteiger partial charge in [0.25, 0.3) is 0 Å². The van der Waals surface area contributed by atoms with Crippen molar-refractivity contribution in [2.24, 2.45) is 9.98 Å². The maximum atomic E-state index is 6.89. The molecule has 5 nitrogen and oxygen atoms in total. The standard InChI is InChI=1S/C51H36N4O/c1-5-15-35(16-6-1)37-25-29-41(30-26-37)55(42-31-27-38(28-32-42)36-17-7-2-8-18-36)45-34-33-44(47-43-23-13-14-24-46(43)56-48(45)47)51-53-49(39-19-9-3-10-20-39)52-50(54-51)40-21-11-4-12-22-40/h1-34,49H,(H,52,53,54). The molecule has 0 aliphatic carbocycles. The Morgan fingerprint density at radius 1 is 0.464 bits per heavy atom. The third-order valence-electron chi connectivity index (χ3n) is 10.4. The number of hydrogen-bond acceptors (Lipinski definition) is 5. The topological polar surface area (TPSA) is 53.1 Å². The third-order valence-corrected chi connectivity index (χ3v) is 10.4. The van der Waals surface area contributed by atoms with Gasteiger partial charge in [0.15, 0.2) is 11.4 Å². The van der Waals surface area contributed by atoms with Crippen molar-refractivity contribution < 1.29 is 4.42 Å². The van der Waals surface area contributed by atoms with E-state index in [1.165, 1.54) is 11.1 Å². The van der Waals surface area contributed by atoms with Crippen LogP contribution in [0.3, 0.4) is 0 Å². The molecule has 5 heteroatoms. The molecule has 1 aliphatic rings. The average Bonchev–Trinajstić information content (AvgIpc) is 3.68. The molecule has 2 heterocycles. The van der Waals surface area contributed by atoms with Gasteiger partial charge < -0.3 is 14.6 Å². The van der Waals surface area contributed by atoms with E-state index in [9.17, 15) is 0 Å². The van der Waals surface area contributed by atoms with Crippen LogP contribution in [0.1, 0.15) is 22.9 Å². The number of fused-ring (bicyclic) bond motifs is 3. The van der Waals surface area contributed by atoms with Crippen molar-refractivity contribution >= 4 is 50.7 Å². The van der Waals surface area contributed by atoms with E-state index in [4.69, 9.17) is 14.4 Å². The van der Waals surface area contributed by atoms with Crippen molar-refractivity contribution in [2.45, 2.75) is 6.17 Å². The largest absolute Gasteiger partial charge is 0.454 e. The summed E-state index contributed by atoms with van der Waals surface area (Å²) in [7, 11) is 0. The van der Waals surface area contributed by atoms with E-state index in [0.717, 1.165) is 72.7 Å². The minimum atomic E-state index is -0.324. The summed E-state index contributed by atoms with van der Waals surface area (Å²) >= 11 is 0. The van der Waals surface area contributed by atoms with Crippen LogP contribution in [0, 0.1) is 0 Å². The molecule has 0 saturated heterocycles. The van der Waals surface area contributed by atoms with Gasteiger partial charge in [0.05, 0.1) is 5.69 Å². The smallest absolute Gasteiger partial charge is 0.160 e. The van der Waals surface area contributed by atoms with E-state index in [1.54, 1.807) is 0 Å². The molecule has 1 atom stereocenters. The highest BCUT2D eigenvalue weighted by Gasteiger charge is 2.27. The van der Waals surface area contributed by atoms with Crippen molar-refractivity contribution in [3.8, 4) is 22.3 Å². The number of para-hydroxylation sites is 1. The second-order valence-electron chi connectivity index (χ2n) is 13.8. The number of nitrogens with one attached hydrogen (secondary N) is 1. The van der Waals surface area contributed by atoms with Crippen molar-refractivity contribution in [3.63, 3.8) is 0 Å². The third kappa shape index (κ3) is 6.21. The molecule has 0 radical (unpaired) electrons. The average molecular weight is 721 g/mol. The number of benzene rings is 8. The van der Waals surface area contributed by atoms with Gasteiger partial charge in [-0.1, -0.05) is 164 Å². The summed E-state index contributed by atoms with van der Waals surface area (Å²) in [6.07, 6.45) is -0.324. The number of rotatable bonds is 8. The van der Waals surface area contributed by atoms with Gasteiger partial charge in [-0.3, -0.25) is 0 Å². The number of furan rings is 1. The van der Waals surface area contributed by atoms with Crippen LogP contribution >= 0.6 is 0 Å². The van der Waals surface area contributed by atoms with Gasteiger partial charge in [-0.05, 0) is 70.3 Å². The molecule has 0 spiro atoms. The molecule has 0 bridgehead atoms. The van der Waals surface area contributed by atoms with Gasteiger partial charge in [0.2, 0.25) is 0 Å². The van der Waals surface area contributed by atoms with Crippen molar-refractivity contribution in [3.05, 3.63) is 223 Å². The predicted octanol–water partition coefficient (Wildman–Crippen LogP) is 12.9. The van der Waals surface area contributed by atoms with E-state index in [2.05, 4.69) is 156 Å². The lowest BCUT2D eigenvalue weighted by molar-refractivity contribution is 0.668. The summed E-state index contributed by atoms with van der Waals surface area (Å²) in [6, 6.07) is 71.6. The molecule has 0 fully saturated rings. The first-order valence-corrected chi connectivity index (χ1v) is 18.9. The number of hydrogen-bond donors (Lipinski definition) is 1. The van der Waals surface area contributed by atoms with E-state index in [0.29, 0.717) is 5.84 Å². The van der Waals surface area contributed by atoms with Crippen molar-refractivity contribution in [1.82, 2.24) is 5.32 Å². The molecule has 1 aromatic heterocycles. The molecule has 0 saturated carbocycles. The molecule has 1 N–H and O–H groups in total. The number of anilines is 3. The van der Waals surface area contributed by atoms with E-state index in [1.807, 2.05) is 60.7 Å². The fraction of sp³-hybridized carbons (Fsp3) is 0.0196. The highest BCUT2D eigenvalue weighted by Crippen LogP contribution is 2.44. The Morgan fingerprint density at radius 2 is 0.964 bits per heavy atom. The van der Waals surface area contributed by atoms with Crippen LogP contribution in [0.4, 0.5) is 17.1 Å². The Morgan fingerprint density at radius 3 is 1.55 bits per heavy atom. The molecule has 1 aliphatic heterocycles. The summed E-state index contributed by atoms with van der Waals surface area (Å²) in [6.45, 7) is 0. The SMILES string of the molecule is c1ccc(C2=NC(c3ccccc3)NC(c3ccc(N(c4ccc(-c5ccccc5)cc4)c4ccc(-c5ccccc5)cc4)c4oc5ccccc5c34)=N2)cc1. The predicted molar refractivity (Wildman–Crippen MR) is 231 cm³/mol. The first-order valence-electron chi connectivity index (χ1n) is 18.9. The minimum absolute atomic E-state index is 0.324. The van der Waals surface area contributed by atoms with Gasteiger partial charge in [-0.2, -0.15) is 0 Å². The van der Waals surface area contributed by atoms with Crippen molar-refractivity contribution in [1.29, 1.82) is 0 Å². The normalized spacial score (nSPS) is 13.9. The number of aliphatic imine (C=N–C) groups is 2. The molecular formula is C51H36N4O.